The minimum absolute atomic E-state index is 0.341. The molecule has 1 aliphatic rings. The lowest BCUT2D eigenvalue weighted by molar-refractivity contribution is 0.0592. The zero-order valence-electron chi connectivity index (χ0n) is 10.2. The van der Waals surface area contributed by atoms with Gasteiger partial charge in [-0.25, -0.2) is 9.78 Å². The Labute approximate surface area is 105 Å². The van der Waals surface area contributed by atoms with Crippen molar-refractivity contribution in [3.63, 3.8) is 0 Å². The quantitative estimate of drug-likeness (QED) is 0.827. The van der Waals surface area contributed by atoms with E-state index in [0.717, 1.165) is 17.9 Å². The van der Waals surface area contributed by atoms with E-state index in [1.54, 1.807) is 12.3 Å². The summed E-state index contributed by atoms with van der Waals surface area (Å²) in [7, 11) is 1.39. The van der Waals surface area contributed by atoms with Crippen molar-refractivity contribution in [3.05, 3.63) is 35.8 Å². The Morgan fingerprint density at radius 1 is 1.56 bits per heavy atom. The smallest absolute Gasteiger partial charge is 0.355 e. The van der Waals surface area contributed by atoms with Crippen LogP contribution in [-0.4, -0.2) is 28.5 Å². The van der Waals surface area contributed by atoms with E-state index in [1.807, 2.05) is 16.5 Å². The van der Waals surface area contributed by atoms with Crippen LogP contribution in [0.3, 0.4) is 0 Å². The van der Waals surface area contributed by atoms with E-state index in [9.17, 15) is 4.79 Å². The number of nitrogens with one attached hydrogen (secondary N) is 1. The molecule has 1 fully saturated rings. The SMILES string of the molecule is COC(=O)c1cccc2ncc(CNC3CC3)n12. The molecular weight excluding hydrogens is 230 g/mol. The summed E-state index contributed by atoms with van der Waals surface area (Å²) in [6.45, 7) is 0.722. The number of hydrogen-bond acceptors (Lipinski definition) is 4. The van der Waals surface area contributed by atoms with Crippen LogP contribution in [0.2, 0.25) is 0 Å². The summed E-state index contributed by atoms with van der Waals surface area (Å²) < 4.78 is 6.65. The Kier molecular flexibility index (Phi) is 2.76. The Bertz CT molecular complexity index is 587. The number of pyridine rings is 1. The summed E-state index contributed by atoms with van der Waals surface area (Å²) in [6, 6.07) is 6.07. The molecule has 0 spiro atoms. The van der Waals surface area contributed by atoms with Crippen molar-refractivity contribution >= 4 is 11.6 Å². The lowest BCUT2D eigenvalue weighted by Crippen LogP contribution is -2.18. The first kappa shape index (κ1) is 11.2. The van der Waals surface area contributed by atoms with Gasteiger partial charge in [0.15, 0.2) is 0 Å². The number of aromatic nitrogens is 2. The number of ether oxygens (including phenoxy) is 1. The minimum atomic E-state index is -0.341. The molecule has 0 aliphatic heterocycles. The number of rotatable bonds is 4. The maximum atomic E-state index is 11.7. The predicted octanol–water partition coefficient (Wildman–Crippen LogP) is 1.37. The third-order valence-electron chi connectivity index (χ3n) is 3.15. The second-order valence-corrected chi connectivity index (χ2v) is 4.50. The lowest BCUT2D eigenvalue weighted by Gasteiger charge is -2.07. The molecule has 18 heavy (non-hydrogen) atoms. The summed E-state index contributed by atoms with van der Waals surface area (Å²) in [6.07, 6.45) is 4.28. The lowest BCUT2D eigenvalue weighted by atomic mass is 10.3. The van der Waals surface area contributed by atoms with Crippen LogP contribution in [0, 0.1) is 0 Å². The molecule has 0 atom stereocenters. The maximum Gasteiger partial charge on any atom is 0.355 e. The van der Waals surface area contributed by atoms with Gasteiger partial charge in [0.05, 0.1) is 19.0 Å². The Morgan fingerprint density at radius 2 is 2.39 bits per heavy atom. The second-order valence-electron chi connectivity index (χ2n) is 4.50. The van der Waals surface area contributed by atoms with E-state index in [2.05, 4.69) is 10.3 Å². The van der Waals surface area contributed by atoms with E-state index in [0.29, 0.717) is 11.7 Å². The molecule has 94 valence electrons. The molecule has 0 saturated heterocycles. The van der Waals surface area contributed by atoms with Gasteiger partial charge in [0.2, 0.25) is 0 Å². The first-order chi connectivity index (χ1) is 8.79. The number of imidazole rings is 1. The molecule has 2 aromatic rings. The normalized spacial score (nSPS) is 14.9. The molecule has 3 rings (SSSR count). The van der Waals surface area contributed by atoms with Crippen LogP contribution in [-0.2, 0) is 11.3 Å². The number of esters is 1. The molecule has 1 aliphatic carbocycles. The van der Waals surface area contributed by atoms with Crippen LogP contribution in [0.25, 0.3) is 5.65 Å². The van der Waals surface area contributed by atoms with Gasteiger partial charge in [0.1, 0.15) is 11.3 Å². The van der Waals surface area contributed by atoms with E-state index in [-0.39, 0.29) is 5.97 Å². The van der Waals surface area contributed by atoms with Gasteiger partial charge in [-0.3, -0.25) is 4.40 Å². The molecule has 5 nitrogen and oxygen atoms in total. The largest absolute Gasteiger partial charge is 0.464 e. The maximum absolute atomic E-state index is 11.7. The number of hydrogen-bond donors (Lipinski definition) is 1. The molecule has 0 radical (unpaired) electrons. The van der Waals surface area contributed by atoms with Gasteiger partial charge in [-0.1, -0.05) is 6.07 Å². The van der Waals surface area contributed by atoms with Crippen LogP contribution in [0.4, 0.5) is 0 Å². The number of nitrogens with zero attached hydrogens (tertiary/aromatic N) is 2. The first-order valence-corrected chi connectivity index (χ1v) is 6.06. The molecule has 1 saturated carbocycles. The van der Waals surface area contributed by atoms with Crippen molar-refractivity contribution < 1.29 is 9.53 Å². The summed E-state index contributed by atoms with van der Waals surface area (Å²) >= 11 is 0. The summed E-state index contributed by atoms with van der Waals surface area (Å²) in [5, 5.41) is 3.42. The Hall–Kier alpha value is -1.88. The van der Waals surface area contributed by atoms with Crippen LogP contribution < -0.4 is 5.32 Å². The van der Waals surface area contributed by atoms with Gasteiger partial charge in [-0.15, -0.1) is 0 Å². The summed E-state index contributed by atoms with van der Waals surface area (Å²) in [5.74, 6) is -0.341. The molecule has 0 amide bonds. The van der Waals surface area contributed by atoms with Crippen LogP contribution in [0.15, 0.2) is 24.4 Å². The zero-order valence-corrected chi connectivity index (χ0v) is 10.2. The van der Waals surface area contributed by atoms with E-state index >= 15 is 0 Å². The summed E-state index contributed by atoms with van der Waals surface area (Å²) in [5.41, 5.74) is 2.27. The summed E-state index contributed by atoms with van der Waals surface area (Å²) in [4.78, 5) is 16.0. The molecule has 1 N–H and O–H groups in total. The van der Waals surface area contributed by atoms with E-state index in [4.69, 9.17) is 4.74 Å². The third-order valence-corrected chi connectivity index (χ3v) is 3.15. The molecule has 0 bridgehead atoms. The average molecular weight is 245 g/mol. The molecule has 0 aromatic carbocycles. The highest BCUT2D eigenvalue weighted by Crippen LogP contribution is 2.20. The zero-order chi connectivity index (χ0) is 12.5. The average Bonchev–Trinajstić information content (AvgIpc) is 3.14. The number of carbonyl (C=O) groups excluding carboxylic acids is 1. The van der Waals surface area contributed by atoms with Crippen molar-refractivity contribution in [2.75, 3.05) is 7.11 Å². The molecule has 0 unspecified atom stereocenters. The van der Waals surface area contributed by atoms with Crippen molar-refractivity contribution in [2.24, 2.45) is 0 Å². The van der Waals surface area contributed by atoms with Crippen molar-refractivity contribution in [2.45, 2.75) is 25.4 Å². The van der Waals surface area contributed by atoms with Crippen LogP contribution >= 0.6 is 0 Å². The molecule has 5 heteroatoms. The monoisotopic (exact) mass is 245 g/mol. The molecule has 2 aromatic heterocycles. The van der Waals surface area contributed by atoms with Gasteiger partial charge in [-0.05, 0) is 25.0 Å². The molecule has 2 heterocycles. The van der Waals surface area contributed by atoms with Gasteiger partial charge in [0, 0.05) is 12.6 Å². The Morgan fingerprint density at radius 3 is 3.11 bits per heavy atom. The van der Waals surface area contributed by atoms with Crippen molar-refractivity contribution in [1.29, 1.82) is 0 Å². The van der Waals surface area contributed by atoms with Crippen molar-refractivity contribution in [1.82, 2.24) is 14.7 Å². The fourth-order valence-electron chi connectivity index (χ4n) is 2.02. The third kappa shape index (κ3) is 1.97. The highest BCUT2D eigenvalue weighted by molar-refractivity contribution is 5.88. The first-order valence-electron chi connectivity index (χ1n) is 6.06. The highest BCUT2D eigenvalue weighted by atomic mass is 16.5. The fraction of sp³-hybridized carbons (Fsp3) is 0.385. The van der Waals surface area contributed by atoms with Gasteiger partial charge in [-0.2, -0.15) is 0 Å². The van der Waals surface area contributed by atoms with Gasteiger partial charge >= 0.3 is 5.97 Å². The standard InChI is InChI=1S/C13H15N3O2/c1-18-13(17)11-3-2-4-12-15-8-10(16(11)12)7-14-9-5-6-9/h2-4,8-9,14H,5-7H2,1H3. The molecular formula is C13H15N3O2. The number of methoxy groups -OCH3 is 1. The topological polar surface area (TPSA) is 55.6 Å². The highest BCUT2D eigenvalue weighted by Gasteiger charge is 2.21. The second kappa shape index (κ2) is 4.42. The minimum Gasteiger partial charge on any atom is -0.464 e. The van der Waals surface area contributed by atoms with Crippen LogP contribution in [0.1, 0.15) is 29.0 Å². The number of fused-ring (bicyclic) bond motifs is 1. The predicted molar refractivity (Wildman–Crippen MR) is 66.4 cm³/mol. The van der Waals surface area contributed by atoms with Gasteiger partial charge < -0.3 is 10.1 Å². The van der Waals surface area contributed by atoms with Gasteiger partial charge in [0.25, 0.3) is 0 Å². The fourth-order valence-corrected chi connectivity index (χ4v) is 2.02. The Balaban J connectivity index is 1.99. The van der Waals surface area contributed by atoms with Crippen LogP contribution in [0.5, 0.6) is 0 Å². The van der Waals surface area contributed by atoms with E-state index < -0.39 is 0 Å². The number of carbonyl (C=O) groups is 1. The van der Waals surface area contributed by atoms with E-state index in [1.165, 1.54) is 20.0 Å². The van der Waals surface area contributed by atoms with Crippen molar-refractivity contribution in [3.8, 4) is 0 Å².